The van der Waals surface area contributed by atoms with E-state index in [1.165, 1.54) is 0 Å². The van der Waals surface area contributed by atoms with E-state index in [-0.39, 0.29) is 11.9 Å². The molecule has 7 nitrogen and oxygen atoms in total. The first-order valence-electron chi connectivity index (χ1n) is 8.87. The van der Waals surface area contributed by atoms with E-state index in [1.807, 2.05) is 48.0 Å². The molecule has 4 aromatic rings. The summed E-state index contributed by atoms with van der Waals surface area (Å²) in [6, 6.07) is 15.8. The number of thioether (sulfide) groups is 1. The van der Waals surface area contributed by atoms with E-state index in [9.17, 15) is 5.11 Å². The molecule has 0 aliphatic rings. The Kier molecular flexibility index (Phi) is 5.23. The first kappa shape index (κ1) is 18.4. The van der Waals surface area contributed by atoms with Crippen molar-refractivity contribution in [1.82, 2.24) is 29.8 Å². The highest BCUT2D eigenvalue weighted by atomic mass is 32.2. The molecule has 0 spiro atoms. The first-order valence-corrected chi connectivity index (χ1v) is 9.75. The summed E-state index contributed by atoms with van der Waals surface area (Å²) in [5.41, 5.74) is 4.60. The van der Waals surface area contributed by atoms with Crippen molar-refractivity contribution in [2.24, 2.45) is 7.05 Å². The predicted molar refractivity (Wildman–Crippen MR) is 108 cm³/mol. The lowest BCUT2D eigenvalue weighted by molar-refractivity contribution is 0.282. The van der Waals surface area contributed by atoms with Crippen LogP contribution >= 0.6 is 11.8 Å². The summed E-state index contributed by atoms with van der Waals surface area (Å²) < 4.78 is 1.91. The molecule has 1 N–H and O–H groups in total. The van der Waals surface area contributed by atoms with Gasteiger partial charge in [0, 0.05) is 17.9 Å². The van der Waals surface area contributed by atoms with Gasteiger partial charge in [0.2, 0.25) is 0 Å². The zero-order valence-corrected chi connectivity index (χ0v) is 16.4. The van der Waals surface area contributed by atoms with Crippen LogP contribution in [0.1, 0.15) is 23.3 Å². The van der Waals surface area contributed by atoms with Crippen molar-refractivity contribution in [2.45, 2.75) is 23.9 Å². The molecule has 0 radical (unpaired) electrons. The van der Waals surface area contributed by atoms with Crippen molar-refractivity contribution in [1.29, 1.82) is 0 Å². The van der Waals surface area contributed by atoms with Gasteiger partial charge in [0.1, 0.15) is 12.0 Å². The normalized spacial score (nSPS) is 12.2. The zero-order chi connectivity index (χ0) is 19.5. The van der Waals surface area contributed by atoms with Crippen LogP contribution in [0.3, 0.4) is 0 Å². The van der Waals surface area contributed by atoms with Gasteiger partial charge in [-0.3, -0.25) is 0 Å². The van der Waals surface area contributed by atoms with Gasteiger partial charge < -0.3 is 9.67 Å². The lowest BCUT2D eigenvalue weighted by Crippen LogP contribution is -2.01. The average Bonchev–Trinajstić information content (AvgIpc) is 3.38. The molecule has 142 valence electrons. The molecule has 0 aliphatic carbocycles. The van der Waals surface area contributed by atoms with Gasteiger partial charge in [0.25, 0.3) is 0 Å². The number of aryl methyl sites for hydroxylation is 1. The van der Waals surface area contributed by atoms with Crippen LogP contribution in [0, 0.1) is 0 Å². The van der Waals surface area contributed by atoms with Crippen molar-refractivity contribution in [3.05, 3.63) is 72.2 Å². The van der Waals surface area contributed by atoms with Crippen molar-refractivity contribution >= 4 is 11.8 Å². The highest BCUT2D eigenvalue weighted by Gasteiger charge is 2.13. The lowest BCUT2D eigenvalue weighted by Gasteiger charge is -2.12. The van der Waals surface area contributed by atoms with E-state index in [0.717, 1.165) is 33.2 Å². The predicted octanol–water partition coefficient (Wildman–Crippen LogP) is 3.41. The molecule has 1 atom stereocenters. The number of aliphatic hydroxyl groups excluding tert-OH is 1. The minimum atomic E-state index is 0.00506. The lowest BCUT2D eigenvalue weighted by atomic mass is 10.1. The molecular weight excluding hydrogens is 372 g/mol. The number of nitrogens with zero attached hydrogens (tertiary/aromatic N) is 6. The SMILES string of the molecule is C[C@H](Sc1nncn1C)c1cccc(-n2ncc(-c3cccc(CO)c3)n2)c1. The van der Waals surface area contributed by atoms with Crippen LogP contribution in [0.15, 0.2) is 66.2 Å². The third kappa shape index (κ3) is 3.83. The summed E-state index contributed by atoms with van der Waals surface area (Å²) in [7, 11) is 1.94. The second-order valence-corrected chi connectivity index (χ2v) is 7.77. The van der Waals surface area contributed by atoms with Crippen LogP contribution in [-0.2, 0) is 13.7 Å². The maximum atomic E-state index is 9.33. The third-order valence-electron chi connectivity index (χ3n) is 4.42. The third-order valence-corrected chi connectivity index (χ3v) is 5.63. The summed E-state index contributed by atoms with van der Waals surface area (Å²) in [5, 5.41) is 27.5. The van der Waals surface area contributed by atoms with Crippen molar-refractivity contribution in [2.75, 3.05) is 0 Å². The molecule has 0 saturated carbocycles. The fraction of sp³-hybridized carbons (Fsp3) is 0.200. The molecule has 2 aromatic carbocycles. The van der Waals surface area contributed by atoms with E-state index in [1.54, 1.807) is 29.1 Å². The molecule has 0 unspecified atom stereocenters. The summed E-state index contributed by atoms with van der Waals surface area (Å²) >= 11 is 1.66. The zero-order valence-electron chi connectivity index (χ0n) is 15.6. The number of benzene rings is 2. The van der Waals surface area contributed by atoms with Crippen LogP contribution < -0.4 is 0 Å². The maximum absolute atomic E-state index is 9.33. The smallest absolute Gasteiger partial charge is 0.191 e. The summed E-state index contributed by atoms with van der Waals surface area (Å²) in [5.74, 6) is 0. The average molecular weight is 392 g/mol. The molecule has 2 aromatic heterocycles. The van der Waals surface area contributed by atoms with E-state index in [4.69, 9.17) is 0 Å². The molecule has 0 saturated heterocycles. The topological polar surface area (TPSA) is 81.7 Å². The van der Waals surface area contributed by atoms with E-state index in [0.29, 0.717) is 0 Å². The summed E-state index contributed by atoms with van der Waals surface area (Å²) in [6.45, 7) is 2.14. The molecule has 0 amide bonds. The Bertz CT molecular complexity index is 1090. The van der Waals surface area contributed by atoms with E-state index >= 15 is 0 Å². The van der Waals surface area contributed by atoms with Gasteiger partial charge in [0.15, 0.2) is 5.16 Å². The molecule has 0 fully saturated rings. The highest BCUT2D eigenvalue weighted by Crippen LogP contribution is 2.33. The second-order valence-electron chi connectivity index (χ2n) is 6.46. The van der Waals surface area contributed by atoms with Gasteiger partial charge in [0.05, 0.1) is 18.5 Å². The van der Waals surface area contributed by atoms with Gasteiger partial charge in [-0.15, -0.1) is 15.3 Å². The van der Waals surface area contributed by atoms with E-state index < -0.39 is 0 Å². The fourth-order valence-corrected chi connectivity index (χ4v) is 3.76. The Hall–Kier alpha value is -2.97. The molecule has 8 heteroatoms. The van der Waals surface area contributed by atoms with Crippen molar-refractivity contribution in [3.8, 4) is 16.9 Å². The Morgan fingerprint density at radius 1 is 1.14 bits per heavy atom. The highest BCUT2D eigenvalue weighted by molar-refractivity contribution is 7.99. The van der Waals surface area contributed by atoms with Crippen LogP contribution in [0.5, 0.6) is 0 Å². The van der Waals surface area contributed by atoms with Gasteiger partial charge in [-0.25, -0.2) is 0 Å². The standard InChI is InChI=1S/C20H20N6OS/c1-14(28-20-23-21-13-25(20)2)16-6-4-8-18(10-16)26-22-11-19(24-26)17-7-3-5-15(9-17)12-27/h3-11,13-14,27H,12H2,1-2H3/t14-/m0/s1. The number of aliphatic hydroxyl groups is 1. The monoisotopic (exact) mass is 392 g/mol. The quantitative estimate of drug-likeness (QED) is 0.507. The Balaban J connectivity index is 1.58. The number of hydrogen-bond donors (Lipinski definition) is 1. The molecule has 0 bridgehead atoms. The Labute approximate surface area is 167 Å². The minimum Gasteiger partial charge on any atom is -0.392 e. The number of aromatic nitrogens is 6. The number of hydrogen-bond acceptors (Lipinski definition) is 6. The molecule has 28 heavy (non-hydrogen) atoms. The minimum absolute atomic E-state index is 0.00506. The molecule has 4 rings (SSSR count). The molecular formula is C20H20N6OS. The summed E-state index contributed by atoms with van der Waals surface area (Å²) in [4.78, 5) is 1.63. The van der Waals surface area contributed by atoms with Crippen LogP contribution in [0.2, 0.25) is 0 Å². The molecule has 0 aliphatic heterocycles. The summed E-state index contributed by atoms with van der Waals surface area (Å²) in [6.07, 6.45) is 3.44. The van der Waals surface area contributed by atoms with Crippen molar-refractivity contribution < 1.29 is 5.11 Å². The van der Waals surface area contributed by atoms with Crippen LogP contribution in [-0.4, -0.2) is 34.9 Å². The van der Waals surface area contributed by atoms with Gasteiger partial charge in [-0.05, 0) is 36.2 Å². The van der Waals surface area contributed by atoms with Gasteiger partial charge in [-0.2, -0.15) is 9.90 Å². The fourth-order valence-electron chi connectivity index (χ4n) is 2.86. The second kappa shape index (κ2) is 7.95. The van der Waals surface area contributed by atoms with E-state index in [2.05, 4.69) is 39.5 Å². The van der Waals surface area contributed by atoms with Crippen LogP contribution in [0.25, 0.3) is 16.9 Å². The van der Waals surface area contributed by atoms with Gasteiger partial charge >= 0.3 is 0 Å². The van der Waals surface area contributed by atoms with Gasteiger partial charge in [-0.1, -0.05) is 42.1 Å². The Morgan fingerprint density at radius 2 is 2.00 bits per heavy atom. The van der Waals surface area contributed by atoms with Crippen molar-refractivity contribution in [3.63, 3.8) is 0 Å². The largest absolute Gasteiger partial charge is 0.392 e. The molecule has 2 heterocycles. The van der Waals surface area contributed by atoms with Crippen LogP contribution in [0.4, 0.5) is 0 Å². The number of rotatable bonds is 6. The Morgan fingerprint density at radius 3 is 2.79 bits per heavy atom. The first-order chi connectivity index (χ1) is 13.6. The maximum Gasteiger partial charge on any atom is 0.191 e.